The lowest BCUT2D eigenvalue weighted by Gasteiger charge is -2.32. The number of hydrogen-bond donors (Lipinski definition) is 1. The summed E-state index contributed by atoms with van der Waals surface area (Å²) in [5.41, 5.74) is 6.03. The number of rotatable bonds is 3. The predicted octanol–water partition coefficient (Wildman–Crippen LogP) is 1.76. The standard InChI is InChI=1S/C20H19FN6O2/c21-14-5-1-2-6-17(14)27-18(28)8-7-16(25-27)19(29)26-11-3-4-13(12-26)15-9-10-23-20(22)24-15/h1-2,5-10,13H,3-4,11-12H2,(H2,22,23,24). The summed E-state index contributed by atoms with van der Waals surface area (Å²) in [6.07, 6.45) is 3.28. The van der Waals surface area contributed by atoms with E-state index in [1.807, 2.05) is 0 Å². The Morgan fingerprint density at radius 1 is 1.17 bits per heavy atom. The summed E-state index contributed by atoms with van der Waals surface area (Å²) in [6, 6.07) is 10.2. The highest BCUT2D eigenvalue weighted by molar-refractivity contribution is 5.92. The number of nitrogens with two attached hydrogens (primary N) is 1. The third-order valence-electron chi connectivity index (χ3n) is 4.92. The van der Waals surface area contributed by atoms with Crippen LogP contribution < -0.4 is 11.3 Å². The molecule has 1 aliphatic heterocycles. The largest absolute Gasteiger partial charge is 0.368 e. The van der Waals surface area contributed by atoms with Gasteiger partial charge < -0.3 is 10.6 Å². The first kappa shape index (κ1) is 18.7. The molecule has 1 aliphatic rings. The third-order valence-corrected chi connectivity index (χ3v) is 4.92. The fraction of sp³-hybridized carbons (Fsp3) is 0.250. The Morgan fingerprint density at radius 2 is 2.00 bits per heavy atom. The minimum Gasteiger partial charge on any atom is -0.368 e. The molecule has 1 amide bonds. The quantitative estimate of drug-likeness (QED) is 0.725. The number of para-hydroxylation sites is 1. The number of carbonyl (C=O) groups excluding carboxylic acids is 1. The molecule has 8 nitrogen and oxygen atoms in total. The van der Waals surface area contributed by atoms with Gasteiger partial charge in [-0.2, -0.15) is 9.78 Å². The van der Waals surface area contributed by atoms with Crippen LogP contribution in [-0.2, 0) is 0 Å². The van der Waals surface area contributed by atoms with Gasteiger partial charge in [0.25, 0.3) is 11.5 Å². The van der Waals surface area contributed by atoms with Gasteiger partial charge in [-0.3, -0.25) is 9.59 Å². The Hall–Kier alpha value is -3.62. The molecule has 0 radical (unpaired) electrons. The second kappa shape index (κ2) is 7.78. The smallest absolute Gasteiger partial charge is 0.274 e. The third kappa shape index (κ3) is 3.84. The van der Waals surface area contributed by atoms with E-state index in [0.29, 0.717) is 13.1 Å². The van der Waals surface area contributed by atoms with Crippen molar-refractivity contribution in [3.8, 4) is 5.69 Å². The Labute approximate surface area is 165 Å². The summed E-state index contributed by atoms with van der Waals surface area (Å²) in [5, 5.41) is 4.12. The minimum absolute atomic E-state index is 0.000122. The molecule has 0 bridgehead atoms. The molecule has 1 unspecified atom stereocenters. The molecule has 3 aromatic rings. The summed E-state index contributed by atoms with van der Waals surface area (Å²) < 4.78 is 15.0. The lowest BCUT2D eigenvalue weighted by Crippen LogP contribution is -2.40. The Morgan fingerprint density at radius 3 is 2.79 bits per heavy atom. The maximum absolute atomic E-state index is 14.1. The molecule has 148 valence electrons. The maximum atomic E-state index is 14.1. The molecule has 1 fully saturated rings. The fourth-order valence-electron chi connectivity index (χ4n) is 3.50. The van der Waals surface area contributed by atoms with Gasteiger partial charge in [0.2, 0.25) is 5.95 Å². The van der Waals surface area contributed by atoms with Gasteiger partial charge in [-0.25, -0.2) is 14.4 Å². The molecule has 29 heavy (non-hydrogen) atoms. The number of hydrogen-bond acceptors (Lipinski definition) is 6. The van der Waals surface area contributed by atoms with Crippen molar-refractivity contribution in [2.75, 3.05) is 18.8 Å². The number of benzene rings is 1. The van der Waals surface area contributed by atoms with Crippen LogP contribution in [0.4, 0.5) is 10.3 Å². The van der Waals surface area contributed by atoms with Crippen molar-refractivity contribution >= 4 is 11.9 Å². The lowest BCUT2D eigenvalue weighted by atomic mass is 9.94. The zero-order chi connectivity index (χ0) is 20.4. The highest BCUT2D eigenvalue weighted by atomic mass is 19.1. The average Bonchev–Trinajstić information content (AvgIpc) is 2.74. The summed E-state index contributed by atoms with van der Waals surface area (Å²) in [7, 11) is 0. The number of halogens is 1. The molecule has 0 aliphatic carbocycles. The van der Waals surface area contributed by atoms with Crippen LogP contribution in [0.2, 0.25) is 0 Å². The number of amides is 1. The van der Waals surface area contributed by atoms with Crippen LogP contribution in [0.25, 0.3) is 5.69 Å². The second-order valence-corrected chi connectivity index (χ2v) is 6.85. The van der Waals surface area contributed by atoms with Crippen molar-refractivity contribution in [3.05, 3.63) is 76.2 Å². The molecule has 2 aromatic heterocycles. The number of piperidine rings is 1. The molecule has 2 N–H and O–H groups in total. The molecule has 1 aromatic carbocycles. The van der Waals surface area contributed by atoms with E-state index >= 15 is 0 Å². The molecule has 1 saturated heterocycles. The predicted molar refractivity (Wildman–Crippen MR) is 104 cm³/mol. The Kier molecular flexibility index (Phi) is 5.03. The molecule has 0 spiro atoms. The molecular formula is C20H19FN6O2. The van der Waals surface area contributed by atoms with Crippen LogP contribution in [-0.4, -0.2) is 43.6 Å². The first-order valence-corrected chi connectivity index (χ1v) is 9.26. The van der Waals surface area contributed by atoms with Crippen molar-refractivity contribution in [3.63, 3.8) is 0 Å². The van der Waals surface area contributed by atoms with Crippen molar-refractivity contribution < 1.29 is 9.18 Å². The normalized spacial score (nSPS) is 16.6. The van der Waals surface area contributed by atoms with Crippen molar-refractivity contribution in [2.45, 2.75) is 18.8 Å². The lowest BCUT2D eigenvalue weighted by molar-refractivity contribution is 0.0698. The monoisotopic (exact) mass is 394 g/mol. The van der Waals surface area contributed by atoms with Crippen LogP contribution in [0.15, 0.2) is 53.5 Å². The van der Waals surface area contributed by atoms with Crippen LogP contribution in [0.5, 0.6) is 0 Å². The Balaban J connectivity index is 1.60. The molecule has 9 heteroatoms. The number of carbonyl (C=O) groups is 1. The summed E-state index contributed by atoms with van der Waals surface area (Å²) in [6.45, 7) is 1.02. The highest BCUT2D eigenvalue weighted by Crippen LogP contribution is 2.26. The van der Waals surface area contributed by atoms with E-state index in [-0.39, 0.29) is 29.2 Å². The van der Waals surface area contributed by atoms with Gasteiger partial charge in [0.05, 0.1) is 5.69 Å². The average molecular weight is 394 g/mol. The molecule has 4 rings (SSSR count). The number of aromatic nitrogens is 4. The van der Waals surface area contributed by atoms with E-state index in [1.54, 1.807) is 23.2 Å². The minimum atomic E-state index is -0.592. The van der Waals surface area contributed by atoms with E-state index in [9.17, 15) is 14.0 Å². The first-order chi connectivity index (χ1) is 14.0. The van der Waals surface area contributed by atoms with E-state index in [2.05, 4.69) is 15.1 Å². The summed E-state index contributed by atoms with van der Waals surface area (Å²) in [4.78, 5) is 35.0. The van der Waals surface area contributed by atoms with E-state index in [0.717, 1.165) is 23.2 Å². The number of anilines is 1. The van der Waals surface area contributed by atoms with Crippen molar-refractivity contribution in [1.82, 2.24) is 24.6 Å². The van der Waals surface area contributed by atoms with Crippen molar-refractivity contribution in [2.24, 2.45) is 0 Å². The van der Waals surface area contributed by atoms with Gasteiger partial charge in [0.15, 0.2) is 0 Å². The first-order valence-electron chi connectivity index (χ1n) is 9.26. The van der Waals surface area contributed by atoms with Gasteiger partial charge in [0, 0.05) is 31.3 Å². The van der Waals surface area contributed by atoms with Gasteiger partial charge >= 0.3 is 0 Å². The van der Waals surface area contributed by atoms with E-state index < -0.39 is 11.4 Å². The zero-order valence-electron chi connectivity index (χ0n) is 15.5. The van der Waals surface area contributed by atoms with Crippen molar-refractivity contribution in [1.29, 1.82) is 0 Å². The van der Waals surface area contributed by atoms with Gasteiger partial charge in [0.1, 0.15) is 17.2 Å². The van der Waals surface area contributed by atoms with Gasteiger partial charge in [-0.15, -0.1) is 0 Å². The van der Waals surface area contributed by atoms with Crippen LogP contribution >= 0.6 is 0 Å². The molecule has 0 saturated carbocycles. The highest BCUT2D eigenvalue weighted by Gasteiger charge is 2.27. The SMILES string of the molecule is Nc1nccc(C2CCCN(C(=O)c3ccc(=O)n(-c4ccccc4F)n3)C2)n1. The van der Waals surface area contributed by atoms with E-state index in [1.165, 1.54) is 30.3 Å². The second-order valence-electron chi connectivity index (χ2n) is 6.85. The summed E-state index contributed by atoms with van der Waals surface area (Å²) in [5.74, 6) is -0.673. The maximum Gasteiger partial charge on any atom is 0.274 e. The van der Waals surface area contributed by atoms with Gasteiger partial charge in [-0.05, 0) is 37.1 Å². The van der Waals surface area contributed by atoms with Gasteiger partial charge in [-0.1, -0.05) is 12.1 Å². The number of nitrogen functional groups attached to an aromatic ring is 1. The van der Waals surface area contributed by atoms with Crippen LogP contribution in [0, 0.1) is 5.82 Å². The Bertz CT molecular complexity index is 1120. The molecular weight excluding hydrogens is 375 g/mol. The topological polar surface area (TPSA) is 107 Å². The molecule has 1 atom stereocenters. The summed E-state index contributed by atoms with van der Waals surface area (Å²) >= 11 is 0. The fourth-order valence-corrected chi connectivity index (χ4v) is 3.50. The number of likely N-dealkylation sites (tertiary alicyclic amines) is 1. The number of nitrogens with zero attached hydrogens (tertiary/aromatic N) is 5. The van der Waals surface area contributed by atoms with E-state index in [4.69, 9.17) is 5.73 Å². The van der Waals surface area contributed by atoms with Crippen LogP contribution in [0.1, 0.15) is 34.9 Å². The molecule has 3 heterocycles. The van der Waals surface area contributed by atoms with Crippen LogP contribution in [0.3, 0.4) is 0 Å². The zero-order valence-corrected chi connectivity index (χ0v) is 15.5.